The lowest BCUT2D eigenvalue weighted by Gasteiger charge is -2.37. The molecule has 4 nitrogen and oxygen atoms in total. The molecule has 1 aromatic rings. The summed E-state index contributed by atoms with van der Waals surface area (Å²) in [6.07, 6.45) is 1.11. The van der Waals surface area contributed by atoms with E-state index in [1.165, 1.54) is 0 Å². The predicted molar refractivity (Wildman–Crippen MR) is 62.5 cm³/mol. The maximum Gasteiger partial charge on any atom is 0.254 e. The number of nitrogens with one attached hydrogen (secondary N) is 2. The summed E-state index contributed by atoms with van der Waals surface area (Å²) in [7, 11) is 0. The second-order valence-corrected chi connectivity index (χ2v) is 4.24. The van der Waals surface area contributed by atoms with Gasteiger partial charge in [-0.15, -0.1) is 0 Å². The first-order valence-corrected chi connectivity index (χ1v) is 5.73. The molecule has 2 aliphatic heterocycles. The van der Waals surface area contributed by atoms with E-state index in [4.69, 9.17) is 0 Å². The van der Waals surface area contributed by atoms with Crippen molar-refractivity contribution in [1.29, 1.82) is 0 Å². The Morgan fingerprint density at radius 1 is 1.25 bits per heavy atom. The molecule has 0 radical (unpaired) electrons. The number of carbonyl (C=O) groups is 1. The van der Waals surface area contributed by atoms with Crippen molar-refractivity contribution in [2.24, 2.45) is 0 Å². The third-order valence-electron chi connectivity index (χ3n) is 3.26. The zero-order valence-electron chi connectivity index (χ0n) is 9.07. The van der Waals surface area contributed by atoms with E-state index in [1.54, 1.807) is 0 Å². The van der Waals surface area contributed by atoms with Gasteiger partial charge in [0.15, 0.2) is 0 Å². The molecule has 2 N–H and O–H groups in total. The normalized spacial score (nSPS) is 24.1. The molecule has 2 heterocycles. The van der Waals surface area contributed by atoms with Gasteiger partial charge in [0.2, 0.25) is 0 Å². The van der Waals surface area contributed by atoms with Gasteiger partial charge >= 0.3 is 0 Å². The minimum absolute atomic E-state index is 0.0544. The number of amides is 1. The van der Waals surface area contributed by atoms with Crippen molar-refractivity contribution in [2.45, 2.75) is 12.6 Å². The maximum atomic E-state index is 11.9. The van der Waals surface area contributed by atoms with Gasteiger partial charge in [0.05, 0.1) is 11.3 Å². The molecule has 0 unspecified atom stereocenters. The number of fused-ring (bicyclic) bond motifs is 3. The van der Waals surface area contributed by atoms with Crippen molar-refractivity contribution in [3.63, 3.8) is 0 Å². The molecule has 16 heavy (non-hydrogen) atoms. The van der Waals surface area contributed by atoms with Crippen LogP contribution in [0.1, 0.15) is 16.8 Å². The Bertz CT molecular complexity index is 418. The van der Waals surface area contributed by atoms with Crippen LogP contribution in [0.3, 0.4) is 0 Å². The second kappa shape index (κ2) is 3.79. The first-order chi connectivity index (χ1) is 7.86. The van der Waals surface area contributed by atoms with E-state index in [2.05, 4.69) is 15.5 Å². The first-order valence-electron chi connectivity index (χ1n) is 5.73. The standard InChI is InChI=1S/C12H15N3O/c16-12-9-3-1-2-4-10(9)15-8-7-13-6-5-11(15)14-12/h1-4,11,13H,5-8H2,(H,14,16)/t11-/m0/s1. The molecule has 84 valence electrons. The van der Waals surface area contributed by atoms with Crippen LogP contribution in [0.25, 0.3) is 0 Å². The smallest absolute Gasteiger partial charge is 0.254 e. The van der Waals surface area contributed by atoms with E-state index in [1.807, 2.05) is 24.3 Å². The fourth-order valence-electron chi connectivity index (χ4n) is 2.46. The molecule has 4 heteroatoms. The van der Waals surface area contributed by atoms with Crippen LogP contribution in [0, 0.1) is 0 Å². The van der Waals surface area contributed by atoms with Gasteiger partial charge < -0.3 is 15.5 Å². The predicted octanol–water partition coefficient (Wildman–Crippen LogP) is 0.556. The summed E-state index contributed by atoms with van der Waals surface area (Å²) in [6, 6.07) is 7.83. The summed E-state index contributed by atoms with van der Waals surface area (Å²) < 4.78 is 0. The largest absolute Gasteiger partial charge is 0.349 e. The lowest BCUT2D eigenvalue weighted by molar-refractivity contribution is 0.0926. The van der Waals surface area contributed by atoms with Gasteiger partial charge in [0.25, 0.3) is 5.91 Å². The van der Waals surface area contributed by atoms with Crippen molar-refractivity contribution in [3.05, 3.63) is 29.8 Å². The van der Waals surface area contributed by atoms with Gasteiger partial charge in [-0.2, -0.15) is 0 Å². The maximum absolute atomic E-state index is 11.9. The van der Waals surface area contributed by atoms with E-state index in [0.29, 0.717) is 0 Å². The fraction of sp³-hybridized carbons (Fsp3) is 0.417. The van der Waals surface area contributed by atoms with E-state index < -0.39 is 0 Å². The molecule has 1 amide bonds. The Morgan fingerprint density at radius 3 is 3.06 bits per heavy atom. The molecule has 0 aliphatic carbocycles. The molecule has 0 spiro atoms. The number of anilines is 1. The summed E-state index contributed by atoms with van der Waals surface area (Å²) >= 11 is 0. The molecule has 1 fully saturated rings. The average Bonchev–Trinajstić information content (AvgIpc) is 2.55. The molecule has 1 saturated heterocycles. The third kappa shape index (κ3) is 1.46. The summed E-state index contributed by atoms with van der Waals surface area (Å²) in [5.41, 5.74) is 1.86. The van der Waals surface area contributed by atoms with E-state index in [0.717, 1.165) is 37.3 Å². The van der Waals surface area contributed by atoms with Gasteiger partial charge in [-0.1, -0.05) is 12.1 Å². The highest BCUT2D eigenvalue weighted by molar-refractivity contribution is 6.01. The molecule has 3 rings (SSSR count). The highest BCUT2D eigenvalue weighted by Gasteiger charge is 2.30. The van der Waals surface area contributed by atoms with Crippen LogP contribution in [-0.4, -0.2) is 31.7 Å². The molecule has 0 aromatic heterocycles. The quantitative estimate of drug-likeness (QED) is 0.667. The lowest BCUT2D eigenvalue weighted by atomic mass is 10.1. The van der Waals surface area contributed by atoms with Crippen LogP contribution in [0.5, 0.6) is 0 Å². The van der Waals surface area contributed by atoms with Crippen molar-refractivity contribution in [3.8, 4) is 0 Å². The molecule has 1 atom stereocenters. The number of rotatable bonds is 0. The van der Waals surface area contributed by atoms with Crippen molar-refractivity contribution >= 4 is 11.6 Å². The minimum atomic E-state index is 0.0544. The molecular formula is C12H15N3O. The second-order valence-electron chi connectivity index (χ2n) is 4.24. The number of nitrogens with zero attached hydrogens (tertiary/aromatic N) is 1. The fourth-order valence-corrected chi connectivity index (χ4v) is 2.46. The van der Waals surface area contributed by atoms with E-state index in [-0.39, 0.29) is 12.1 Å². The molecule has 1 aromatic carbocycles. The number of hydrogen-bond acceptors (Lipinski definition) is 3. The van der Waals surface area contributed by atoms with Crippen molar-refractivity contribution in [2.75, 3.05) is 24.5 Å². The van der Waals surface area contributed by atoms with Crippen LogP contribution < -0.4 is 15.5 Å². The average molecular weight is 217 g/mol. The van der Waals surface area contributed by atoms with Crippen LogP contribution in [0.4, 0.5) is 5.69 Å². The van der Waals surface area contributed by atoms with Crippen molar-refractivity contribution < 1.29 is 4.79 Å². The van der Waals surface area contributed by atoms with Crippen LogP contribution in [0.2, 0.25) is 0 Å². The number of hydrogen-bond donors (Lipinski definition) is 2. The molecular weight excluding hydrogens is 202 g/mol. The number of benzene rings is 1. The summed E-state index contributed by atoms with van der Waals surface area (Å²) in [4.78, 5) is 14.2. The van der Waals surface area contributed by atoms with Crippen LogP contribution in [-0.2, 0) is 0 Å². The highest BCUT2D eigenvalue weighted by atomic mass is 16.2. The Morgan fingerprint density at radius 2 is 2.12 bits per heavy atom. The zero-order chi connectivity index (χ0) is 11.0. The summed E-state index contributed by atoms with van der Waals surface area (Å²) in [5, 5.41) is 6.42. The van der Waals surface area contributed by atoms with Crippen LogP contribution >= 0.6 is 0 Å². The lowest BCUT2D eigenvalue weighted by Crippen LogP contribution is -2.53. The third-order valence-corrected chi connectivity index (χ3v) is 3.26. The summed E-state index contributed by atoms with van der Waals surface area (Å²) in [5.74, 6) is 0.0544. The summed E-state index contributed by atoms with van der Waals surface area (Å²) in [6.45, 7) is 2.88. The minimum Gasteiger partial charge on any atom is -0.349 e. The SMILES string of the molecule is O=C1N[C@@H]2CCNCCN2c2ccccc21. The van der Waals surface area contributed by atoms with Gasteiger partial charge in [0, 0.05) is 13.1 Å². The Kier molecular flexibility index (Phi) is 2.29. The Labute approximate surface area is 94.6 Å². The number of para-hydroxylation sites is 1. The van der Waals surface area contributed by atoms with Gasteiger partial charge in [0.1, 0.15) is 6.17 Å². The van der Waals surface area contributed by atoms with E-state index >= 15 is 0 Å². The van der Waals surface area contributed by atoms with Gasteiger partial charge in [-0.3, -0.25) is 4.79 Å². The van der Waals surface area contributed by atoms with Crippen LogP contribution in [0.15, 0.2) is 24.3 Å². The zero-order valence-corrected chi connectivity index (χ0v) is 9.07. The van der Waals surface area contributed by atoms with Gasteiger partial charge in [-0.25, -0.2) is 0 Å². The molecule has 2 aliphatic rings. The monoisotopic (exact) mass is 217 g/mol. The highest BCUT2D eigenvalue weighted by Crippen LogP contribution is 2.27. The van der Waals surface area contributed by atoms with Gasteiger partial charge in [-0.05, 0) is 25.1 Å². The Balaban J connectivity index is 2.04. The number of carbonyl (C=O) groups excluding carboxylic acids is 1. The van der Waals surface area contributed by atoms with Crippen molar-refractivity contribution in [1.82, 2.24) is 10.6 Å². The first kappa shape index (κ1) is 9.66. The molecule has 0 saturated carbocycles. The van der Waals surface area contributed by atoms with E-state index in [9.17, 15) is 4.79 Å². The molecule has 0 bridgehead atoms. The Hall–Kier alpha value is -1.55. The topological polar surface area (TPSA) is 44.4 Å².